The lowest BCUT2D eigenvalue weighted by atomic mass is 10.0. The molecule has 0 aliphatic heterocycles. The van der Waals surface area contributed by atoms with Gasteiger partial charge in [0, 0.05) is 24.3 Å². The minimum atomic E-state index is -3.97. The van der Waals surface area contributed by atoms with Gasteiger partial charge in [0.15, 0.2) is 5.78 Å². The van der Waals surface area contributed by atoms with Gasteiger partial charge in [-0.05, 0) is 69.9 Å². The molecule has 0 spiro atoms. The second-order valence-electron chi connectivity index (χ2n) is 8.68. The highest BCUT2D eigenvalue weighted by Crippen LogP contribution is 2.28. The Morgan fingerprint density at radius 3 is 2.12 bits per heavy atom. The Balaban J connectivity index is 2.58. The summed E-state index contributed by atoms with van der Waals surface area (Å²) in [6, 6.07) is 5.15. The van der Waals surface area contributed by atoms with Crippen molar-refractivity contribution in [1.29, 1.82) is 0 Å². The molecular formula is C25H36N2O6S. The van der Waals surface area contributed by atoms with Crippen LogP contribution in [0.25, 0.3) is 0 Å². The van der Waals surface area contributed by atoms with E-state index in [1.807, 2.05) is 20.8 Å². The normalized spacial score (nSPS) is 12.8. The van der Waals surface area contributed by atoms with Crippen molar-refractivity contribution in [2.45, 2.75) is 65.4 Å². The van der Waals surface area contributed by atoms with Gasteiger partial charge in [-0.3, -0.25) is 4.79 Å². The SMILES string of the molecule is CCn1c(C)c(C(=O)C(C)N(CCC(C)C)S(=O)(=O)c2ccc(OC)cc2)c(C)c1C(=O)OC. The zero-order valence-corrected chi connectivity index (χ0v) is 22.2. The van der Waals surface area contributed by atoms with Crippen LogP contribution < -0.4 is 4.74 Å². The number of esters is 1. The molecule has 8 nitrogen and oxygen atoms in total. The second kappa shape index (κ2) is 11.2. The number of hydrogen-bond donors (Lipinski definition) is 0. The van der Waals surface area contributed by atoms with Crippen molar-refractivity contribution in [2.24, 2.45) is 5.92 Å². The van der Waals surface area contributed by atoms with Crippen LogP contribution in [0, 0.1) is 19.8 Å². The van der Waals surface area contributed by atoms with Crippen LogP contribution in [0.3, 0.4) is 0 Å². The van der Waals surface area contributed by atoms with Gasteiger partial charge in [-0.25, -0.2) is 13.2 Å². The Labute approximate surface area is 202 Å². The molecule has 1 atom stereocenters. The molecule has 1 heterocycles. The fourth-order valence-corrected chi connectivity index (χ4v) is 5.75. The van der Waals surface area contributed by atoms with Gasteiger partial charge in [-0.1, -0.05) is 13.8 Å². The molecule has 0 amide bonds. The Kier molecular flexibility index (Phi) is 9.08. The van der Waals surface area contributed by atoms with Crippen LogP contribution in [0.15, 0.2) is 29.2 Å². The number of sulfonamides is 1. The first-order valence-electron chi connectivity index (χ1n) is 11.4. The van der Waals surface area contributed by atoms with Crippen LogP contribution in [-0.2, 0) is 21.3 Å². The van der Waals surface area contributed by atoms with Crippen LogP contribution in [0.1, 0.15) is 66.2 Å². The predicted molar refractivity (Wildman–Crippen MR) is 131 cm³/mol. The summed E-state index contributed by atoms with van der Waals surface area (Å²) in [7, 11) is -1.17. The molecule has 1 aromatic carbocycles. The third-order valence-corrected chi connectivity index (χ3v) is 8.10. The average molecular weight is 493 g/mol. The number of Topliss-reactive ketones (excluding diaryl/α,β-unsaturated/α-hetero) is 1. The van der Waals surface area contributed by atoms with Gasteiger partial charge >= 0.3 is 5.97 Å². The van der Waals surface area contributed by atoms with Crippen LogP contribution >= 0.6 is 0 Å². The van der Waals surface area contributed by atoms with E-state index in [1.165, 1.54) is 30.7 Å². The number of methoxy groups -OCH3 is 2. The summed E-state index contributed by atoms with van der Waals surface area (Å²) in [6.45, 7) is 11.6. The van der Waals surface area contributed by atoms with Gasteiger partial charge < -0.3 is 14.0 Å². The summed E-state index contributed by atoms with van der Waals surface area (Å²) in [4.78, 5) is 26.3. The smallest absolute Gasteiger partial charge is 0.354 e. The van der Waals surface area contributed by atoms with Crippen molar-refractivity contribution in [1.82, 2.24) is 8.87 Å². The van der Waals surface area contributed by atoms with E-state index < -0.39 is 22.0 Å². The molecule has 1 unspecified atom stereocenters. The molecule has 0 aliphatic carbocycles. The fourth-order valence-electron chi connectivity index (χ4n) is 4.14. The van der Waals surface area contributed by atoms with E-state index >= 15 is 0 Å². The summed E-state index contributed by atoms with van der Waals surface area (Å²) in [5.41, 5.74) is 1.77. The highest BCUT2D eigenvalue weighted by atomic mass is 32.2. The van der Waals surface area contributed by atoms with Crippen molar-refractivity contribution < 1.29 is 27.5 Å². The van der Waals surface area contributed by atoms with E-state index in [1.54, 1.807) is 37.5 Å². The third-order valence-electron chi connectivity index (χ3n) is 6.11. The van der Waals surface area contributed by atoms with Crippen molar-refractivity contribution in [3.63, 3.8) is 0 Å². The van der Waals surface area contributed by atoms with E-state index in [4.69, 9.17) is 9.47 Å². The highest BCUT2D eigenvalue weighted by Gasteiger charge is 2.36. The molecule has 0 N–H and O–H groups in total. The van der Waals surface area contributed by atoms with Gasteiger partial charge in [-0.2, -0.15) is 4.31 Å². The number of ketones is 1. The monoisotopic (exact) mass is 492 g/mol. The molecule has 9 heteroatoms. The first-order valence-corrected chi connectivity index (χ1v) is 12.8. The minimum absolute atomic E-state index is 0.0894. The molecule has 0 aliphatic rings. The Morgan fingerprint density at radius 2 is 1.65 bits per heavy atom. The Hall–Kier alpha value is -2.65. The molecule has 0 fully saturated rings. The van der Waals surface area contributed by atoms with E-state index in [0.717, 1.165) is 0 Å². The number of benzene rings is 1. The maximum absolute atomic E-state index is 13.8. The minimum Gasteiger partial charge on any atom is -0.497 e. The summed E-state index contributed by atoms with van der Waals surface area (Å²) in [5.74, 6) is -0.101. The van der Waals surface area contributed by atoms with Crippen LogP contribution in [0.4, 0.5) is 0 Å². The molecule has 2 rings (SSSR count). The van der Waals surface area contributed by atoms with E-state index in [-0.39, 0.29) is 23.1 Å². The highest BCUT2D eigenvalue weighted by molar-refractivity contribution is 7.89. The predicted octanol–water partition coefficient (Wildman–Crippen LogP) is 4.23. The third kappa shape index (κ3) is 5.36. The number of aromatic nitrogens is 1. The first kappa shape index (κ1) is 27.6. The maximum atomic E-state index is 13.8. The number of ether oxygens (including phenoxy) is 2. The quantitative estimate of drug-likeness (QED) is 0.344. The Bertz CT molecular complexity index is 1130. The zero-order chi connectivity index (χ0) is 25.8. The Morgan fingerprint density at radius 1 is 1.06 bits per heavy atom. The summed E-state index contributed by atoms with van der Waals surface area (Å²) >= 11 is 0. The fraction of sp³-hybridized carbons (Fsp3) is 0.520. The number of nitrogens with zero attached hydrogens (tertiary/aromatic N) is 2. The molecule has 0 saturated carbocycles. The van der Waals surface area contributed by atoms with Gasteiger partial charge in [0.05, 0.1) is 25.2 Å². The number of hydrogen-bond acceptors (Lipinski definition) is 6. The lowest BCUT2D eigenvalue weighted by Crippen LogP contribution is -2.44. The van der Waals surface area contributed by atoms with Crippen LogP contribution in [0.5, 0.6) is 5.75 Å². The van der Waals surface area contributed by atoms with E-state index in [0.29, 0.717) is 41.2 Å². The zero-order valence-electron chi connectivity index (χ0n) is 21.3. The molecular weight excluding hydrogens is 456 g/mol. The first-order chi connectivity index (χ1) is 15.9. The number of rotatable bonds is 11. The summed E-state index contributed by atoms with van der Waals surface area (Å²) in [6.07, 6.45) is 0.592. The van der Waals surface area contributed by atoms with E-state index in [9.17, 15) is 18.0 Å². The van der Waals surface area contributed by atoms with Gasteiger partial charge in [-0.15, -0.1) is 0 Å². The number of carbonyl (C=O) groups is 2. The molecule has 188 valence electrons. The number of carbonyl (C=O) groups excluding carboxylic acids is 2. The van der Waals surface area contributed by atoms with E-state index in [2.05, 4.69) is 0 Å². The van der Waals surface area contributed by atoms with Crippen molar-refractivity contribution >= 4 is 21.8 Å². The largest absolute Gasteiger partial charge is 0.497 e. The second-order valence-corrected chi connectivity index (χ2v) is 10.6. The topological polar surface area (TPSA) is 94.9 Å². The molecule has 2 aromatic rings. The van der Waals surface area contributed by atoms with Crippen LogP contribution in [-0.4, -0.2) is 55.8 Å². The van der Waals surface area contributed by atoms with Crippen LogP contribution in [0.2, 0.25) is 0 Å². The summed E-state index contributed by atoms with van der Waals surface area (Å²) < 4.78 is 40.3. The molecule has 0 bridgehead atoms. The van der Waals surface area contributed by atoms with Crippen molar-refractivity contribution in [2.75, 3.05) is 20.8 Å². The molecule has 0 saturated heterocycles. The molecule has 34 heavy (non-hydrogen) atoms. The maximum Gasteiger partial charge on any atom is 0.354 e. The molecule has 1 aromatic heterocycles. The average Bonchev–Trinajstić information content (AvgIpc) is 3.06. The van der Waals surface area contributed by atoms with Gasteiger partial charge in [0.1, 0.15) is 11.4 Å². The lowest BCUT2D eigenvalue weighted by molar-refractivity contribution is 0.0587. The van der Waals surface area contributed by atoms with Gasteiger partial charge in [0.2, 0.25) is 10.0 Å². The summed E-state index contributed by atoms with van der Waals surface area (Å²) in [5, 5.41) is 0. The van der Waals surface area contributed by atoms with Gasteiger partial charge in [0.25, 0.3) is 0 Å². The van der Waals surface area contributed by atoms with Crippen molar-refractivity contribution in [3.05, 3.63) is 46.8 Å². The standard InChI is InChI=1S/C25H36N2O6S/c1-9-26-18(5)22(17(4)23(26)25(29)33-8)24(28)19(6)27(15-14-16(2)3)34(30,31)21-12-10-20(32-7)11-13-21/h10-13,16,19H,9,14-15H2,1-8H3. The lowest BCUT2D eigenvalue weighted by Gasteiger charge is -2.28. The van der Waals surface area contributed by atoms with Crippen molar-refractivity contribution in [3.8, 4) is 5.75 Å². The molecule has 0 radical (unpaired) electrons.